The van der Waals surface area contributed by atoms with Gasteiger partial charge in [-0.15, -0.1) is 0 Å². The largest absolute Gasteiger partial charge is 0.497 e. The van der Waals surface area contributed by atoms with Gasteiger partial charge in [0.05, 0.1) is 18.1 Å². The topological polar surface area (TPSA) is 47.3 Å². The van der Waals surface area contributed by atoms with E-state index in [9.17, 15) is 5.11 Å². The first kappa shape index (κ1) is 17.6. The number of aromatic nitrogens is 2. The molecule has 4 aromatic rings. The highest BCUT2D eigenvalue weighted by atomic mass is 35.5. The number of hydrogen-bond donors (Lipinski definition) is 1. The lowest BCUT2D eigenvalue weighted by atomic mass is 10.1. The van der Waals surface area contributed by atoms with Gasteiger partial charge in [-0.05, 0) is 47.5 Å². The van der Waals surface area contributed by atoms with Crippen LogP contribution in [0.5, 0.6) is 5.75 Å². The van der Waals surface area contributed by atoms with Gasteiger partial charge in [0.2, 0.25) is 0 Å². The van der Waals surface area contributed by atoms with Gasteiger partial charge in [0.15, 0.2) is 0 Å². The first-order chi connectivity index (χ1) is 13.2. The van der Waals surface area contributed by atoms with Gasteiger partial charge in [0, 0.05) is 11.6 Å². The molecule has 136 valence electrons. The van der Waals surface area contributed by atoms with Gasteiger partial charge in [-0.3, -0.25) is 0 Å². The number of halogens is 1. The Morgan fingerprint density at radius 1 is 1.00 bits per heavy atom. The summed E-state index contributed by atoms with van der Waals surface area (Å²) in [6.07, 6.45) is -0.837. The van der Waals surface area contributed by atoms with Crippen molar-refractivity contribution in [1.82, 2.24) is 9.55 Å². The fraction of sp³-hybridized carbons (Fsp3) is 0.136. The zero-order chi connectivity index (χ0) is 18.8. The van der Waals surface area contributed by atoms with E-state index < -0.39 is 6.10 Å². The average molecular weight is 379 g/mol. The van der Waals surface area contributed by atoms with Crippen molar-refractivity contribution in [2.24, 2.45) is 0 Å². The highest BCUT2D eigenvalue weighted by Crippen LogP contribution is 2.28. The summed E-state index contributed by atoms with van der Waals surface area (Å²) in [5.41, 5.74) is 3.69. The van der Waals surface area contributed by atoms with Crippen molar-refractivity contribution in [3.8, 4) is 5.75 Å². The van der Waals surface area contributed by atoms with E-state index in [-0.39, 0.29) is 0 Å². The molecule has 27 heavy (non-hydrogen) atoms. The molecular formula is C22H19ClN2O2. The van der Waals surface area contributed by atoms with E-state index in [2.05, 4.69) is 0 Å². The molecule has 0 aliphatic carbocycles. The Hall–Kier alpha value is -2.82. The second-order valence-electron chi connectivity index (χ2n) is 6.35. The minimum Gasteiger partial charge on any atom is -0.497 e. The second kappa shape index (κ2) is 7.43. The molecule has 0 radical (unpaired) electrons. The summed E-state index contributed by atoms with van der Waals surface area (Å²) in [7, 11) is 1.62. The third-order valence-corrected chi connectivity index (χ3v) is 4.87. The Labute approximate surface area is 162 Å². The first-order valence-electron chi connectivity index (χ1n) is 8.67. The number of fused-ring (bicyclic) bond motifs is 1. The lowest BCUT2D eigenvalue weighted by molar-refractivity contribution is 0.206. The molecule has 1 N–H and O–H groups in total. The van der Waals surface area contributed by atoms with Crippen LogP contribution in [0.2, 0.25) is 5.02 Å². The molecule has 0 saturated carbocycles. The predicted octanol–water partition coefficient (Wildman–Crippen LogP) is 4.83. The molecule has 1 heterocycles. The molecular weight excluding hydrogens is 360 g/mol. The van der Waals surface area contributed by atoms with Gasteiger partial charge >= 0.3 is 0 Å². The minimum absolute atomic E-state index is 0.597. The first-order valence-corrected chi connectivity index (χ1v) is 9.05. The van der Waals surface area contributed by atoms with Crippen molar-refractivity contribution in [1.29, 1.82) is 0 Å². The molecule has 0 fully saturated rings. The van der Waals surface area contributed by atoms with Crippen LogP contribution in [0.3, 0.4) is 0 Å². The number of aliphatic hydroxyl groups excluding tert-OH is 1. The lowest BCUT2D eigenvalue weighted by Crippen LogP contribution is -2.11. The summed E-state index contributed by atoms with van der Waals surface area (Å²) >= 11 is 6.01. The molecule has 4 rings (SSSR count). The van der Waals surface area contributed by atoms with Crippen LogP contribution in [0.15, 0.2) is 72.8 Å². The smallest absolute Gasteiger partial charge is 0.143 e. The van der Waals surface area contributed by atoms with E-state index in [0.717, 1.165) is 27.9 Å². The molecule has 0 bridgehead atoms. The van der Waals surface area contributed by atoms with E-state index in [1.165, 1.54) is 0 Å². The Morgan fingerprint density at radius 3 is 2.41 bits per heavy atom. The van der Waals surface area contributed by atoms with Crippen LogP contribution in [-0.4, -0.2) is 21.8 Å². The quantitative estimate of drug-likeness (QED) is 0.541. The Bertz CT molecular complexity index is 1060. The van der Waals surface area contributed by atoms with E-state index in [1.54, 1.807) is 7.11 Å². The summed E-state index contributed by atoms with van der Waals surface area (Å²) in [4.78, 5) is 4.70. The molecule has 0 saturated heterocycles. The van der Waals surface area contributed by atoms with E-state index in [0.29, 0.717) is 17.4 Å². The second-order valence-corrected chi connectivity index (χ2v) is 6.78. The van der Waals surface area contributed by atoms with Gasteiger partial charge in [0.25, 0.3) is 0 Å². The number of nitrogens with zero attached hydrogens (tertiary/aromatic N) is 2. The number of benzene rings is 3. The fourth-order valence-electron chi connectivity index (χ4n) is 3.18. The van der Waals surface area contributed by atoms with Crippen molar-refractivity contribution in [3.63, 3.8) is 0 Å². The van der Waals surface area contributed by atoms with Crippen LogP contribution in [-0.2, 0) is 6.54 Å². The maximum absolute atomic E-state index is 11.0. The zero-order valence-corrected chi connectivity index (χ0v) is 15.6. The van der Waals surface area contributed by atoms with Crippen LogP contribution >= 0.6 is 11.6 Å². The van der Waals surface area contributed by atoms with Gasteiger partial charge in [-0.25, -0.2) is 4.98 Å². The van der Waals surface area contributed by atoms with Crippen molar-refractivity contribution >= 4 is 22.6 Å². The number of rotatable bonds is 5. The molecule has 0 amide bonds. The van der Waals surface area contributed by atoms with E-state index in [4.69, 9.17) is 21.3 Å². The van der Waals surface area contributed by atoms with Crippen LogP contribution < -0.4 is 4.74 Å². The monoisotopic (exact) mass is 378 g/mol. The SMILES string of the molecule is COc1ccc(C(O)c2nc3ccccc3n2Cc2ccc(Cl)cc2)cc1. The van der Waals surface area contributed by atoms with Gasteiger partial charge < -0.3 is 14.4 Å². The molecule has 0 aliphatic rings. The summed E-state index contributed by atoms with van der Waals surface area (Å²) in [6, 6.07) is 23.0. The van der Waals surface area contributed by atoms with Crippen molar-refractivity contribution in [2.45, 2.75) is 12.6 Å². The lowest BCUT2D eigenvalue weighted by Gasteiger charge is -2.15. The Kier molecular flexibility index (Phi) is 4.84. The average Bonchev–Trinajstić information content (AvgIpc) is 3.08. The van der Waals surface area contributed by atoms with Gasteiger partial charge in [0.1, 0.15) is 17.7 Å². The van der Waals surface area contributed by atoms with Crippen LogP contribution in [0, 0.1) is 0 Å². The minimum atomic E-state index is -0.837. The van der Waals surface area contributed by atoms with Crippen molar-refractivity contribution < 1.29 is 9.84 Å². The number of ether oxygens (including phenoxy) is 1. The van der Waals surface area contributed by atoms with Gasteiger partial charge in [-0.1, -0.05) is 48.0 Å². The van der Waals surface area contributed by atoms with Crippen LogP contribution in [0.25, 0.3) is 11.0 Å². The number of para-hydroxylation sites is 2. The Balaban J connectivity index is 1.77. The molecule has 3 aromatic carbocycles. The fourth-order valence-corrected chi connectivity index (χ4v) is 3.30. The molecule has 0 aliphatic heterocycles. The number of methoxy groups -OCH3 is 1. The molecule has 1 unspecified atom stereocenters. The third kappa shape index (κ3) is 3.54. The molecule has 1 aromatic heterocycles. The van der Waals surface area contributed by atoms with E-state index in [1.807, 2.05) is 77.4 Å². The number of aliphatic hydroxyl groups is 1. The molecule has 4 nitrogen and oxygen atoms in total. The summed E-state index contributed by atoms with van der Waals surface area (Å²) < 4.78 is 7.25. The summed E-state index contributed by atoms with van der Waals surface area (Å²) in [6.45, 7) is 0.597. The maximum atomic E-state index is 11.0. The molecule has 0 spiro atoms. The zero-order valence-electron chi connectivity index (χ0n) is 14.8. The van der Waals surface area contributed by atoms with Crippen LogP contribution in [0.4, 0.5) is 0 Å². The van der Waals surface area contributed by atoms with Crippen molar-refractivity contribution in [2.75, 3.05) is 7.11 Å². The van der Waals surface area contributed by atoms with Crippen molar-refractivity contribution in [3.05, 3.63) is 94.8 Å². The number of hydrogen-bond acceptors (Lipinski definition) is 3. The molecule has 1 atom stereocenters. The summed E-state index contributed by atoms with van der Waals surface area (Å²) in [5, 5.41) is 11.7. The summed E-state index contributed by atoms with van der Waals surface area (Å²) in [5.74, 6) is 1.36. The normalized spacial score (nSPS) is 12.3. The van der Waals surface area contributed by atoms with E-state index >= 15 is 0 Å². The highest BCUT2D eigenvalue weighted by Gasteiger charge is 2.20. The highest BCUT2D eigenvalue weighted by molar-refractivity contribution is 6.30. The maximum Gasteiger partial charge on any atom is 0.143 e. The van der Waals surface area contributed by atoms with Gasteiger partial charge in [-0.2, -0.15) is 0 Å². The molecule has 5 heteroatoms. The standard InChI is InChI=1S/C22H19ClN2O2/c1-27-18-12-8-16(9-13-18)21(26)22-24-19-4-2-3-5-20(19)25(22)14-15-6-10-17(23)11-7-15/h2-13,21,26H,14H2,1H3. The third-order valence-electron chi connectivity index (χ3n) is 4.61. The number of imidazole rings is 1. The Morgan fingerprint density at radius 2 is 1.70 bits per heavy atom. The predicted molar refractivity (Wildman–Crippen MR) is 107 cm³/mol. The van der Waals surface area contributed by atoms with Crippen LogP contribution in [0.1, 0.15) is 23.1 Å².